The summed E-state index contributed by atoms with van der Waals surface area (Å²) in [5, 5.41) is 0. The second-order valence-corrected chi connectivity index (χ2v) is 4.25. The molecule has 0 saturated carbocycles. The first-order valence-corrected chi connectivity index (χ1v) is 6.30. The summed E-state index contributed by atoms with van der Waals surface area (Å²) in [7, 11) is 0. The number of carbonyl (C=O) groups is 2. The summed E-state index contributed by atoms with van der Waals surface area (Å²) in [6.07, 6.45) is 4.49. The number of nitrogens with zero attached hydrogens (tertiary/aromatic N) is 1. The van der Waals surface area contributed by atoms with Gasteiger partial charge >= 0.3 is 5.97 Å². The molecule has 1 heterocycles. The Hall–Kier alpha value is -2.95. The molecule has 0 fully saturated rings. The van der Waals surface area contributed by atoms with Crippen molar-refractivity contribution in [3.63, 3.8) is 0 Å². The smallest absolute Gasteiger partial charge is 0.331 e. The topological polar surface area (TPSA) is 82.3 Å². The Morgan fingerprint density at radius 1 is 1.19 bits per heavy atom. The number of esters is 1. The first-order valence-electron chi connectivity index (χ1n) is 6.30. The number of ether oxygens (including phenoxy) is 1. The summed E-state index contributed by atoms with van der Waals surface area (Å²) < 4.78 is 5.05. The number of carbonyl (C=O) groups excluding carboxylic acids is 2. The van der Waals surface area contributed by atoms with Gasteiger partial charge in [-0.2, -0.15) is 0 Å². The van der Waals surface area contributed by atoms with E-state index in [1.54, 1.807) is 48.7 Å². The van der Waals surface area contributed by atoms with Gasteiger partial charge in [-0.15, -0.1) is 0 Å². The van der Waals surface area contributed by atoms with E-state index in [1.165, 1.54) is 6.08 Å². The van der Waals surface area contributed by atoms with Crippen LogP contribution in [-0.4, -0.2) is 16.9 Å². The Morgan fingerprint density at radius 2 is 2.05 bits per heavy atom. The maximum absolute atomic E-state index is 11.6. The third-order valence-electron chi connectivity index (χ3n) is 2.67. The van der Waals surface area contributed by atoms with Crippen LogP contribution in [0.15, 0.2) is 54.7 Å². The van der Waals surface area contributed by atoms with Crippen molar-refractivity contribution < 1.29 is 14.3 Å². The van der Waals surface area contributed by atoms with Crippen molar-refractivity contribution in [1.29, 1.82) is 0 Å². The minimum atomic E-state index is -0.511. The fourth-order valence-electron chi connectivity index (χ4n) is 1.64. The molecule has 1 amide bonds. The SMILES string of the molecule is NC(=O)c1cccc(/C=C/C(=O)OCc2ccccn2)c1. The molecule has 106 valence electrons. The first kappa shape index (κ1) is 14.5. The van der Waals surface area contributed by atoms with Crippen molar-refractivity contribution in [3.05, 3.63) is 71.6 Å². The average Bonchev–Trinajstić information content (AvgIpc) is 2.52. The van der Waals surface area contributed by atoms with Gasteiger partial charge in [-0.05, 0) is 35.9 Å². The Morgan fingerprint density at radius 3 is 2.76 bits per heavy atom. The predicted molar refractivity (Wildman–Crippen MR) is 78.0 cm³/mol. The molecular weight excluding hydrogens is 268 g/mol. The van der Waals surface area contributed by atoms with Gasteiger partial charge in [0.2, 0.25) is 5.91 Å². The third kappa shape index (κ3) is 4.58. The number of primary amides is 1. The maximum Gasteiger partial charge on any atom is 0.331 e. The number of benzene rings is 1. The molecule has 2 aromatic rings. The van der Waals surface area contributed by atoms with E-state index in [2.05, 4.69) is 4.98 Å². The molecule has 5 heteroatoms. The standard InChI is InChI=1S/C16H14N2O3/c17-16(20)13-5-3-4-12(10-13)7-8-15(19)21-11-14-6-1-2-9-18-14/h1-10H,11H2,(H2,17,20)/b8-7+. The monoisotopic (exact) mass is 282 g/mol. The number of rotatable bonds is 5. The van der Waals surface area contributed by atoms with Crippen LogP contribution >= 0.6 is 0 Å². The lowest BCUT2D eigenvalue weighted by atomic mass is 10.1. The van der Waals surface area contributed by atoms with Crippen LogP contribution in [0.5, 0.6) is 0 Å². The van der Waals surface area contributed by atoms with Crippen LogP contribution in [0.3, 0.4) is 0 Å². The molecule has 1 aromatic carbocycles. The lowest BCUT2D eigenvalue weighted by Gasteiger charge is -2.01. The van der Waals surface area contributed by atoms with Crippen molar-refractivity contribution >= 4 is 18.0 Å². The largest absolute Gasteiger partial charge is 0.456 e. The fourth-order valence-corrected chi connectivity index (χ4v) is 1.64. The van der Waals surface area contributed by atoms with E-state index in [0.717, 1.165) is 0 Å². The molecule has 5 nitrogen and oxygen atoms in total. The molecule has 0 aliphatic heterocycles. The van der Waals surface area contributed by atoms with E-state index in [-0.39, 0.29) is 6.61 Å². The molecule has 2 N–H and O–H groups in total. The average molecular weight is 282 g/mol. The third-order valence-corrected chi connectivity index (χ3v) is 2.67. The number of hydrogen-bond donors (Lipinski definition) is 1. The van der Waals surface area contributed by atoms with Gasteiger partial charge in [-0.3, -0.25) is 9.78 Å². The normalized spacial score (nSPS) is 10.5. The zero-order chi connectivity index (χ0) is 15.1. The van der Waals surface area contributed by atoms with Crippen LogP contribution in [0, 0.1) is 0 Å². The van der Waals surface area contributed by atoms with Gasteiger partial charge in [0.1, 0.15) is 6.61 Å². The molecule has 21 heavy (non-hydrogen) atoms. The van der Waals surface area contributed by atoms with E-state index >= 15 is 0 Å². The lowest BCUT2D eigenvalue weighted by Crippen LogP contribution is -2.10. The van der Waals surface area contributed by atoms with Crippen LogP contribution in [0.25, 0.3) is 6.08 Å². The molecule has 1 aromatic heterocycles. The highest BCUT2D eigenvalue weighted by Crippen LogP contribution is 2.07. The van der Waals surface area contributed by atoms with Crippen molar-refractivity contribution in [2.75, 3.05) is 0 Å². The Bertz CT molecular complexity index is 666. The van der Waals surface area contributed by atoms with Crippen molar-refractivity contribution in [2.45, 2.75) is 6.61 Å². The van der Waals surface area contributed by atoms with Crippen molar-refractivity contribution in [2.24, 2.45) is 5.73 Å². The molecule has 0 aliphatic carbocycles. The molecule has 0 saturated heterocycles. The quantitative estimate of drug-likeness (QED) is 0.671. The summed E-state index contributed by atoms with van der Waals surface area (Å²) in [5.74, 6) is -0.992. The molecule has 0 atom stereocenters. The van der Waals surface area contributed by atoms with E-state index in [9.17, 15) is 9.59 Å². The Labute approximate surface area is 122 Å². The van der Waals surface area contributed by atoms with E-state index in [4.69, 9.17) is 10.5 Å². The lowest BCUT2D eigenvalue weighted by molar-refractivity contribution is -0.139. The van der Waals surface area contributed by atoms with Gasteiger partial charge in [0.25, 0.3) is 0 Å². The van der Waals surface area contributed by atoms with E-state index < -0.39 is 11.9 Å². The molecule has 0 radical (unpaired) electrons. The number of hydrogen-bond acceptors (Lipinski definition) is 4. The molecule has 0 aliphatic rings. The Balaban J connectivity index is 1.93. The molecule has 2 rings (SSSR count). The minimum Gasteiger partial charge on any atom is -0.456 e. The van der Waals surface area contributed by atoms with Gasteiger partial charge in [-0.25, -0.2) is 4.79 Å². The number of aromatic nitrogens is 1. The summed E-state index contributed by atoms with van der Waals surface area (Å²) in [6.45, 7) is 0.116. The zero-order valence-corrected chi connectivity index (χ0v) is 11.2. The van der Waals surface area contributed by atoms with Gasteiger partial charge in [0.05, 0.1) is 5.69 Å². The van der Waals surface area contributed by atoms with Crippen LogP contribution in [0.2, 0.25) is 0 Å². The summed E-state index contributed by atoms with van der Waals surface area (Å²) in [6, 6.07) is 12.0. The molecule has 0 unspecified atom stereocenters. The van der Waals surface area contributed by atoms with E-state index in [0.29, 0.717) is 16.8 Å². The maximum atomic E-state index is 11.6. The molecular formula is C16H14N2O3. The van der Waals surface area contributed by atoms with Gasteiger partial charge in [0, 0.05) is 17.8 Å². The second kappa shape index (κ2) is 7.00. The second-order valence-electron chi connectivity index (χ2n) is 4.25. The first-order chi connectivity index (χ1) is 10.1. The number of pyridine rings is 1. The van der Waals surface area contributed by atoms with Gasteiger partial charge in [-0.1, -0.05) is 18.2 Å². The van der Waals surface area contributed by atoms with Crippen molar-refractivity contribution in [3.8, 4) is 0 Å². The van der Waals surface area contributed by atoms with Crippen molar-refractivity contribution in [1.82, 2.24) is 4.98 Å². The molecule has 0 spiro atoms. The molecule has 0 bridgehead atoms. The summed E-state index contributed by atoms with van der Waals surface area (Å²) in [4.78, 5) is 26.7. The highest BCUT2D eigenvalue weighted by molar-refractivity contribution is 5.94. The van der Waals surface area contributed by atoms with Gasteiger partial charge in [0.15, 0.2) is 0 Å². The highest BCUT2D eigenvalue weighted by Gasteiger charge is 2.01. The summed E-state index contributed by atoms with van der Waals surface area (Å²) in [5.41, 5.74) is 6.95. The van der Waals surface area contributed by atoms with Gasteiger partial charge < -0.3 is 10.5 Å². The number of amides is 1. The van der Waals surface area contributed by atoms with Crippen LogP contribution < -0.4 is 5.73 Å². The summed E-state index contributed by atoms with van der Waals surface area (Å²) >= 11 is 0. The highest BCUT2D eigenvalue weighted by atomic mass is 16.5. The number of nitrogens with two attached hydrogens (primary N) is 1. The van der Waals surface area contributed by atoms with Crippen LogP contribution in [0.1, 0.15) is 21.6 Å². The minimum absolute atomic E-state index is 0.116. The van der Waals surface area contributed by atoms with Crippen LogP contribution in [-0.2, 0) is 16.1 Å². The van der Waals surface area contributed by atoms with E-state index in [1.807, 2.05) is 6.07 Å². The Kier molecular flexibility index (Phi) is 4.82. The predicted octanol–water partition coefficient (Wildman–Crippen LogP) is 1.94. The zero-order valence-electron chi connectivity index (χ0n) is 11.2. The fraction of sp³-hybridized carbons (Fsp3) is 0.0625. The van der Waals surface area contributed by atoms with Crippen LogP contribution in [0.4, 0.5) is 0 Å².